The summed E-state index contributed by atoms with van der Waals surface area (Å²) in [6.45, 7) is -0.219. The van der Waals surface area contributed by atoms with Gasteiger partial charge in [-0.1, -0.05) is 0 Å². The Hall–Kier alpha value is -2.48. The van der Waals surface area contributed by atoms with Crippen LogP contribution in [0, 0.1) is 11.5 Å². The van der Waals surface area contributed by atoms with Crippen LogP contribution in [0.3, 0.4) is 0 Å². The number of carbonyl (C=O) groups is 1. The van der Waals surface area contributed by atoms with Crippen LogP contribution in [0.25, 0.3) is 0 Å². The maximum absolute atomic E-state index is 11.4. The molecule has 0 bridgehead atoms. The minimum atomic E-state index is -0.980. The number of esters is 1. The third kappa shape index (κ3) is 7.77. The van der Waals surface area contributed by atoms with E-state index in [0.29, 0.717) is 12.8 Å². The second kappa shape index (κ2) is 11.0. The SMILES string of the molecule is N#COCCCCC(N=C=O)C(=O)OCN=C=O. The lowest BCUT2D eigenvalue weighted by Crippen LogP contribution is -2.21. The molecule has 0 saturated heterocycles. The highest BCUT2D eigenvalue weighted by Gasteiger charge is 2.18. The van der Waals surface area contributed by atoms with Crippen molar-refractivity contribution in [1.82, 2.24) is 0 Å². The van der Waals surface area contributed by atoms with Gasteiger partial charge in [0.05, 0.1) is 0 Å². The van der Waals surface area contributed by atoms with E-state index >= 15 is 0 Å². The van der Waals surface area contributed by atoms with E-state index in [9.17, 15) is 14.4 Å². The molecule has 0 amide bonds. The van der Waals surface area contributed by atoms with E-state index in [1.165, 1.54) is 18.4 Å². The molecular weight excluding hydrogens is 242 g/mol. The van der Waals surface area contributed by atoms with Crippen molar-refractivity contribution in [2.45, 2.75) is 25.3 Å². The van der Waals surface area contributed by atoms with Gasteiger partial charge in [0.2, 0.25) is 12.2 Å². The number of aliphatic imine (C=N–C) groups is 2. The molecule has 0 radical (unpaired) electrons. The van der Waals surface area contributed by atoms with Crippen LogP contribution in [0.15, 0.2) is 9.98 Å². The molecule has 0 aromatic heterocycles. The van der Waals surface area contributed by atoms with E-state index in [4.69, 9.17) is 5.26 Å². The van der Waals surface area contributed by atoms with Crippen molar-refractivity contribution in [3.63, 3.8) is 0 Å². The molecule has 96 valence electrons. The minimum Gasteiger partial charge on any atom is -0.440 e. The Balaban J connectivity index is 4.05. The van der Waals surface area contributed by atoms with Gasteiger partial charge in [-0.2, -0.15) is 15.2 Å². The summed E-state index contributed by atoms with van der Waals surface area (Å²) in [7, 11) is 0. The average molecular weight is 253 g/mol. The Bertz CT molecular complexity index is 391. The third-order valence-electron chi connectivity index (χ3n) is 1.86. The van der Waals surface area contributed by atoms with Gasteiger partial charge in [0.15, 0.2) is 12.8 Å². The van der Waals surface area contributed by atoms with E-state index < -0.39 is 18.7 Å². The molecule has 0 aromatic rings. The van der Waals surface area contributed by atoms with Crippen molar-refractivity contribution in [1.29, 1.82) is 5.26 Å². The Morgan fingerprint density at radius 2 is 2.06 bits per heavy atom. The Morgan fingerprint density at radius 1 is 1.28 bits per heavy atom. The normalized spacial score (nSPS) is 10.2. The molecule has 0 aliphatic carbocycles. The number of isocyanates is 2. The molecule has 0 aliphatic heterocycles. The number of ether oxygens (including phenoxy) is 2. The van der Waals surface area contributed by atoms with E-state index in [1.807, 2.05) is 0 Å². The van der Waals surface area contributed by atoms with Gasteiger partial charge in [-0.15, -0.1) is 0 Å². The largest absolute Gasteiger partial charge is 0.440 e. The van der Waals surface area contributed by atoms with Crippen molar-refractivity contribution in [3.8, 4) is 6.26 Å². The average Bonchev–Trinajstić information content (AvgIpc) is 2.37. The predicted molar refractivity (Wildman–Crippen MR) is 56.4 cm³/mol. The molecule has 0 fully saturated rings. The van der Waals surface area contributed by atoms with E-state index in [1.54, 1.807) is 0 Å². The molecule has 0 saturated carbocycles. The summed E-state index contributed by atoms with van der Waals surface area (Å²) in [6.07, 6.45) is 5.30. The molecule has 0 aliphatic rings. The number of hydrogen-bond acceptors (Lipinski definition) is 8. The van der Waals surface area contributed by atoms with Gasteiger partial charge in [0, 0.05) is 0 Å². The van der Waals surface area contributed by atoms with Crippen molar-refractivity contribution >= 4 is 18.1 Å². The number of rotatable bonds is 9. The highest BCUT2D eigenvalue weighted by Crippen LogP contribution is 2.07. The number of carbonyl (C=O) groups excluding carboxylic acids is 3. The smallest absolute Gasteiger partial charge is 0.333 e. The molecule has 0 N–H and O–H groups in total. The van der Waals surface area contributed by atoms with Crippen molar-refractivity contribution in [3.05, 3.63) is 0 Å². The Labute approximate surface area is 103 Å². The predicted octanol–water partition coefficient (Wildman–Crippen LogP) is 0.195. The minimum absolute atomic E-state index is 0.235. The van der Waals surface area contributed by atoms with Gasteiger partial charge < -0.3 is 9.47 Å². The molecule has 0 aromatic carbocycles. The van der Waals surface area contributed by atoms with Gasteiger partial charge in [-0.3, -0.25) is 0 Å². The van der Waals surface area contributed by atoms with Crippen molar-refractivity contribution < 1.29 is 23.9 Å². The molecule has 18 heavy (non-hydrogen) atoms. The summed E-state index contributed by atoms with van der Waals surface area (Å²) in [5.74, 6) is -0.765. The van der Waals surface area contributed by atoms with Gasteiger partial charge in [-0.25, -0.2) is 14.4 Å². The fourth-order valence-corrected chi connectivity index (χ4v) is 1.07. The first-order valence-electron chi connectivity index (χ1n) is 5.04. The zero-order chi connectivity index (χ0) is 13.6. The Kier molecular flexibility index (Phi) is 9.50. The first-order valence-corrected chi connectivity index (χ1v) is 5.04. The lowest BCUT2D eigenvalue weighted by molar-refractivity contribution is -0.145. The summed E-state index contributed by atoms with van der Waals surface area (Å²) in [5, 5.41) is 8.11. The molecule has 0 heterocycles. The number of unbranched alkanes of at least 4 members (excludes halogenated alkanes) is 1. The first kappa shape index (κ1) is 15.5. The Morgan fingerprint density at radius 3 is 2.67 bits per heavy atom. The third-order valence-corrected chi connectivity index (χ3v) is 1.86. The summed E-state index contributed by atoms with van der Waals surface area (Å²) >= 11 is 0. The molecule has 1 atom stereocenters. The molecular formula is C10H11N3O5. The van der Waals surface area contributed by atoms with Crippen LogP contribution in [0.2, 0.25) is 0 Å². The highest BCUT2D eigenvalue weighted by molar-refractivity contribution is 5.76. The van der Waals surface area contributed by atoms with E-state index in [-0.39, 0.29) is 13.0 Å². The van der Waals surface area contributed by atoms with Gasteiger partial charge in [-0.05, 0) is 19.3 Å². The summed E-state index contributed by atoms with van der Waals surface area (Å²) < 4.78 is 8.99. The summed E-state index contributed by atoms with van der Waals surface area (Å²) in [6, 6.07) is -0.980. The van der Waals surface area contributed by atoms with E-state index in [0.717, 1.165) is 0 Å². The fourth-order valence-electron chi connectivity index (χ4n) is 1.07. The fraction of sp³-hybridized carbons (Fsp3) is 0.600. The van der Waals surface area contributed by atoms with E-state index in [2.05, 4.69) is 19.5 Å². The van der Waals surface area contributed by atoms with Gasteiger partial charge in [0.1, 0.15) is 6.61 Å². The van der Waals surface area contributed by atoms with Crippen LogP contribution in [0.5, 0.6) is 0 Å². The standard InChI is InChI=1S/C10H11N3O5/c11-5-17-4-2-1-3-9(13-7-15)10(16)18-8-12-6-14/h9H,1-4,8H2. The van der Waals surface area contributed by atoms with Crippen LogP contribution in [-0.2, 0) is 23.9 Å². The van der Waals surface area contributed by atoms with Crippen LogP contribution >= 0.6 is 0 Å². The molecule has 0 rings (SSSR count). The molecule has 0 spiro atoms. The highest BCUT2D eigenvalue weighted by atomic mass is 16.5. The zero-order valence-electron chi connectivity index (χ0n) is 9.50. The second-order valence-electron chi connectivity index (χ2n) is 3.01. The van der Waals surface area contributed by atoms with Crippen molar-refractivity contribution in [2.24, 2.45) is 9.98 Å². The number of nitriles is 1. The molecule has 8 heteroatoms. The molecule has 1 unspecified atom stereocenters. The quantitative estimate of drug-likeness (QED) is 0.190. The lowest BCUT2D eigenvalue weighted by atomic mass is 10.1. The molecule has 8 nitrogen and oxygen atoms in total. The maximum atomic E-state index is 11.4. The van der Waals surface area contributed by atoms with Gasteiger partial charge in [0.25, 0.3) is 6.26 Å². The number of nitrogens with zero attached hydrogens (tertiary/aromatic N) is 3. The first-order chi connectivity index (χ1) is 8.76. The van der Waals surface area contributed by atoms with Crippen LogP contribution in [0.1, 0.15) is 19.3 Å². The summed E-state index contributed by atoms with van der Waals surface area (Å²) in [4.78, 5) is 37.6. The van der Waals surface area contributed by atoms with Crippen LogP contribution in [-0.4, -0.2) is 37.5 Å². The lowest BCUT2D eigenvalue weighted by Gasteiger charge is -2.08. The number of hydrogen-bond donors (Lipinski definition) is 0. The second-order valence-corrected chi connectivity index (χ2v) is 3.01. The summed E-state index contributed by atoms with van der Waals surface area (Å²) in [5.41, 5.74) is 0. The monoisotopic (exact) mass is 253 g/mol. The van der Waals surface area contributed by atoms with Gasteiger partial charge >= 0.3 is 5.97 Å². The van der Waals surface area contributed by atoms with Crippen molar-refractivity contribution in [2.75, 3.05) is 13.3 Å². The van der Waals surface area contributed by atoms with Crippen LogP contribution < -0.4 is 0 Å². The zero-order valence-corrected chi connectivity index (χ0v) is 9.50. The van der Waals surface area contributed by atoms with Crippen LogP contribution in [0.4, 0.5) is 0 Å². The topological polar surface area (TPSA) is 118 Å². The maximum Gasteiger partial charge on any atom is 0.333 e.